The summed E-state index contributed by atoms with van der Waals surface area (Å²) in [6, 6.07) is 7.90. The minimum atomic E-state index is -0.456. The van der Waals surface area contributed by atoms with Crippen LogP contribution in [0.5, 0.6) is 5.75 Å². The van der Waals surface area contributed by atoms with Gasteiger partial charge in [0.25, 0.3) is 0 Å². The van der Waals surface area contributed by atoms with E-state index in [0.717, 1.165) is 17.7 Å². The molecule has 1 aromatic rings. The van der Waals surface area contributed by atoms with E-state index in [9.17, 15) is 4.79 Å². The smallest absolute Gasteiger partial charge is 0.407 e. The minimum Gasteiger partial charge on any atom is -0.494 e. The Balaban J connectivity index is 2.27. The second-order valence-electron chi connectivity index (χ2n) is 5.62. The van der Waals surface area contributed by atoms with Crippen LogP contribution in [-0.2, 0) is 4.74 Å². The van der Waals surface area contributed by atoms with Crippen molar-refractivity contribution in [2.45, 2.75) is 39.7 Å². The summed E-state index contributed by atoms with van der Waals surface area (Å²) in [5.41, 5.74) is 0.651. The average Bonchev–Trinajstić information content (AvgIpc) is 2.38. The lowest BCUT2D eigenvalue weighted by atomic mass is 10.2. The molecule has 4 nitrogen and oxygen atoms in total. The van der Waals surface area contributed by atoms with Crippen LogP contribution in [0.25, 0.3) is 6.08 Å². The third kappa shape index (κ3) is 8.02. The van der Waals surface area contributed by atoms with Gasteiger partial charge in [0, 0.05) is 6.54 Å². The summed E-state index contributed by atoms with van der Waals surface area (Å²) in [5, 5.41) is 2.72. The van der Waals surface area contributed by atoms with Crippen LogP contribution in [0.3, 0.4) is 0 Å². The second kappa shape index (κ2) is 8.35. The zero-order chi connectivity index (χ0) is 15.7. The van der Waals surface area contributed by atoms with Crippen molar-refractivity contribution in [3.05, 3.63) is 35.9 Å². The molecule has 1 aromatic carbocycles. The fourth-order valence-electron chi connectivity index (χ4n) is 1.63. The van der Waals surface area contributed by atoms with Gasteiger partial charge in [-0.2, -0.15) is 0 Å². The highest BCUT2D eigenvalue weighted by molar-refractivity contribution is 5.67. The Morgan fingerprint density at radius 2 is 1.90 bits per heavy atom. The van der Waals surface area contributed by atoms with Crippen molar-refractivity contribution in [1.82, 2.24) is 5.32 Å². The first-order valence-electron chi connectivity index (χ1n) is 7.27. The summed E-state index contributed by atoms with van der Waals surface area (Å²) < 4.78 is 10.5. The molecule has 0 aliphatic rings. The molecular weight excluding hydrogens is 266 g/mol. The van der Waals surface area contributed by atoms with Gasteiger partial charge in [-0.1, -0.05) is 24.3 Å². The lowest BCUT2D eigenvalue weighted by molar-refractivity contribution is 0.0529. The summed E-state index contributed by atoms with van der Waals surface area (Å²) in [4.78, 5) is 11.4. The highest BCUT2D eigenvalue weighted by Gasteiger charge is 2.15. The second-order valence-corrected chi connectivity index (χ2v) is 5.62. The van der Waals surface area contributed by atoms with Gasteiger partial charge in [0.05, 0.1) is 6.61 Å². The molecule has 0 bridgehead atoms. The monoisotopic (exact) mass is 291 g/mol. The Hall–Kier alpha value is -1.97. The van der Waals surface area contributed by atoms with Crippen LogP contribution in [-0.4, -0.2) is 24.8 Å². The Labute approximate surface area is 127 Å². The van der Waals surface area contributed by atoms with Crippen LogP contribution < -0.4 is 10.1 Å². The lowest BCUT2D eigenvalue weighted by Crippen LogP contribution is -2.32. The minimum absolute atomic E-state index is 0.378. The fourth-order valence-corrected chi connectivity index (χ4v) is 1.63. The van der Waals surface area contributed by atoms with Crippen LogP contribution >= 0.6 is 0 Å². The molecule has 0 unspecified atom stereocenters. The van der Waals surface area contributed by atoms with Gasteiger partial charge in [-0.25, -0.2) is 4.79 Å². The van der Waals surface area contributed by atoms with Crippen molar-refractivity contribution in [3.63, 3.8) is 0 Å². The van der Waals surface area contributed by atoms with E-state index in [-0.39, 0.29) is 6.09 Å². The summed E-state index contributed by atoms with van der Waals surface area (Å²) >= 11 is 0. The van der Waals surface area contributed by atoms with Gasteiger partial charge >= 0.3 is 6.09 Å². The largest absolute Gasteiger partial charge is 0.494 e. The number of benzene rings is 1. The molecule has 1 N–H and O–H groups in total. The molecule has 1 rings (SSSR count). The SMILES string of the molecule is CCOc1ccc(C=CCCNC(=O)OC(C)(C)C)cc1. The predicted octanol–water partition coefficient (Wildman–Crippen LogP) is 4.01. The fraction of sp³-hybridized carbons (Fsp3) is 0.471. The summed E-state index contributed by atoms with van der Waals surface area (Å²) in [6.45, 7) is 8.73. The number of amides is 1. The highest BCUT2D eigenvalue weighted by Crippen LogP contribution is 2.13. The van der Waals surface area contributed by atoms with Gasteiger partial charge in [0.1, 0.15) is 11.4 Å². The molecule has 116 valence electrons. The number of ether oxygens (including phenoxy) is 2. The zero-order valence-corrected chi connectivity index (χ0v) is 13.3. The number of rotatable bonds is 6. The van der Waals surface area contributed by atoms with Crippen molar-refractivity contribution < 1.29 is 14.3 Å². The molecule has 0 spiro atoms. The molecular formula is C17H25NO3. The molecule has 0 aliphatic heterocycles. The molecule has 0 atom stereocenters. The molecule has 4 heteroatoms. The van der Waals surface area contributed by atoms with E-state index in [1.54, 1.807) is 0 Å². The van der Waals surface area contributed by atoms with Crippen LogP contribution in [0.15, 0.2) is 30.3 Å². The van der Waals surface area contributed by atoms with Gasteiger partial charge in [0.15, 0.2) is 0 Å². The van der Waals surface area contributed by atoms with E-state index < -0.39 is 5.60 Å². The first kappa shape index (κ1) is 17.1. The van der Waals surface area contributed by atoms with Crippen LogP contribution in [0.1, 0.15) is 39.7 Å². The van der Waals surface area contributed by atoms with E-state index in [1.807, 2.05) is 64.1 Å². The number of carbonyl (C=O) groups is 1. The molecule has 0 radical (unpaired) electrons. The van der Waals surface area contributed by atoms with E-state index in [2.05, 4.69) is 5.32 Å². The Morgan fingerprint density at radius 1 is 1.24 bits per heavy atom. The van der Waals surface area contributed by atoms with Crippen molar-refractivity contribution in [2.24, 2.45) is 0 Å². The first-order chi connectivity index (χ1) is 9.90. The van der Waals surface area contributed by atoms with Crippen LogP contribution in [0.2, 0.25) is 0 Å². The molecule has 0 aliphatic carbocycles. The van der Waals surface area contributed by atoms with E-state index >= 15 is 0 Å². The molecule has 0 saturated heterocycles. The third-order valence-corrected chi connectivity index (χ3v) is 2.48. The average molecular weight is 291 g/mol. The molecule has 1 amide bonds. The molecule has 0 heterocycles. The first-order valence-corrected chi connectivity index (χ1v) is 7.27. The standard InChI is InChI=1S/C17H25NO3/c1-5-20-15-11-9-14(10-12-15)8-6-7-13-18-16(19)21-17(2,3)4/h6,8-12H,5,7,13H2,1-4H3,(H,18,19). The normalized spacial score (nSPS) is 11.4. The van der Waals surface area contributed by atoms with Crippen molar-refractivity contribution in [1.29, 1.82) is 0 Å². The van der Waals surface area contributed by atoms with E-state index in [0.29, 0.717) is 13.2 Å². The lowest BCUT2D eigenvalue weighted by Gasteiger charge is -2.19. The van der Waals surface area contributed by atoms with Crippen molar-refractivity contribution >= 4 is 12.2 Å². The van der Waals surface area contributed by atoms with Crippen LogP contribution in [0.4, 0.5) is 4.79 Å². The quantitative estimate of drug-likeness (QED) is 0.805. The number of carbonyl (C=O) groups excluding carboxylic acids is 1. The molecule has 0 saturated carbocycles. The van der Waals surface area contributed by atoms with Gasteiger partial charge in [0.2, 0.25) is 0 Å². The van der Waals surface area contributed by atoms with Gasteiger partial charge in [-0.3, -0.25) is 0 Å². The van der Waals surface area contributed by atoms with Gasteiger partial charge in [-0.15, -0.1) is 0 Å². The number of nitrogens with one attached hydrogen (secondary N) is 1. The highest BCUT2D eigenvalue weighted by atomic mass is 16.6. The molecule has 0 aromatic heterocycles. The van der Waals surface area contributed by atoms with E-state index in [1.165, 1.54) is 0 Å². The Bertz CT molecular complexity index is 458. The zero-order valence-electron chi connectivity index (χ0n) is 13.3. The van der Waals surface area contributed by atoms with Crippen molar-refractivity contribution in [2.75, 3.05) is 13.2 Å². The molecule has 0 fully saturated rings. The molecule has 21 heavy (non-hydrogen) atoms. The Morgan fingerprint density at radius 3 is 2.48 bits per heavy atom. The predicted molar refractivity (Wildman–Crippen MR) is 85.5 cm³/mol. The Kier molecular flexibility index (Phi) is 6.79. The van der Waals surface area contributed by atoms with Gasteiger partial charge < -0.3 is 14.8 Å². The number of hydrogen-bond donors (Lipinski definition) is 1. The van der Waals surface area contributed by atoms with E-state index in [4.69, 9.17) is 9.47 Å². The number of hydrogen-bond acceptors (Lipinski definition) is 3. The number of alkyl carbamates (subject to hydrolysis) is 1. The maximum Gasteiger partial charge on any atom is 0.407 e. The van der Waals surface area contributed by atoms with Crippen molar-refractivity contribution in [3.8, 4) is 5.75 Å². The topological polar surface area (TPSA) is 47.6 Å². The van der Waals surface area contributed by atoms with Gasteiger partial charge in [-0.05, 0) is 51.8 Å². The van der Waals surface area contributed by atoms with Crippen LogP contribution in [0, 0.1) is 0 Å². The third-order valence-electron chi connectivity index (χ3n) is 2.48. The summed E-state index contributed by atoms with van der Waals surface area (Å²) in [7, 11) is 0. The maximum absolute atomic E-state index is 11.4. The maximum atomic E-state index is 11.4. The summed E-state index contributed by atoms with van der Waals surface area (Å²) in [6.07, 6.45) is 4.42. The summed E-state index contributed by atoms with van der Waals surface area (Å²) in [5.74, 6) is 0.876.